The van der Waals surface area contributed by atoms with E-state index in [2.05, 4.69) is 15.5 Å². The van der Waals surface area contributed by atoms with Crippen molar-refractivity contribution in [1.82, 2.24) is 10.4 Å². The largest absolute Gasteiger partial charge is 0.497 e. The number of carbonyl (C=O) groups excluding carboxylic acids is 1. The number of nitrogens with zero attached hydrogens (tertiary/aromatic N) is 2. The molecule has 0 radical (unpaired) electrons. The van der Waals surface area contributed by atoms with Gasteiger partial charge in [-0.3, -0.25) is 4.79 Å². The summed E-state index contributed by atoms with van der Waals surface area (Å²) in [5, 5.41) is 4.89. The monoisotopic (exact) mass is 332 g/mol. The van der Waals surface area contributed by atoms with Crippen LogP contribution in [0, 0.1) is 0 Å². The molecule has 0 spiro atoms. The predicted molar refractivity (Wildman–Crippen MR) is 95.0 cm³/mol. The number of methoxy groups -OCH3 is 1. The van der Waals surface area contributed by atoms with E-state index in [-0.39, 0.29) is 5.91 Å². The van der Waals surface area contributed by atoms with E-state index >= 15 is 0 Å². The van der Waals surface area contributed by atoms with Crippen LogP contribution in [0.5, 0.6) is 5.75 Å². The molecule has 1 atom stereocenters. The molecular weight excluding hydrogens is 312 g/mol. The van der Waals surface area contributed by atoms with Crippen molar-refractivity contribution in [3.8, 4) is 5.75 Å². The number of rotatable bonds is 7. The lowest BCUT2D eigenvalue weighted by Gasteiger charge is -2.08. The quantitative estimate of drug-likeness (QED) is 0.596. The smallest absolute Gasteiger partial charge is 0.256 e. The maximum absolute atomic E-state index is 11.7. The Labute approximate surface area is 139 Å². The Bertz CT molecular complexity index is 706. The standard InChI is InChI=1S/C16H20N4O2S/c1-22-13-5-6-15-11(9-13)3-4-12(19-15)10-18-20-16(21)14(17)7-8-23-2/h3-6,9-10,14H,7-8,17H2,1-2H3,(H,20,21)/t14-/m0/s1. The van der Waals surface area contributed by atoms with Crippen LogP contribution in [0.1, 0.15) is 12.1 Å². The van der Waals surface area contributed by atoms with Crippen molar-refractivity contribution >= 4 is 34.8 Å². The molecule has 2 rings (SSSR count). The van der Waals surface area contributed by atoms with E-state index in [1.165, 1.54) is 6.21 Å². The number of hydrogen-bond donors (Lipinski definition) is 2. The summed E-state index contributed by atoms with van der Waals surface area (Å²) in [5.41, 5.74) is 9.68. The van der Waals surface area contributed by atoms with E-state index < -0.39 is 6.04 Å². The molecule has 23 heavy (non-hydrogen) atoms. The Hall–Kier alpha value is -2.12. The van der Waals surface area contributed by atoms with Crippen LogP contribution < -0.4 is 15.9 Å². The van der Waals surface area contributed by atoms with Gasteiger partial charge in [-0.2, -0.15) is 16.9 Å². The third-order valence-corrected chi connectivity index (χ3v) is 3.90. The topological polar surface area (TPSA) is 89.6 Å². The molecule has 0 aliphatic carbocycles. The highest BCUT2D eigenvalue weighted by atomic mass is 32.2. The van der Waals surface area contributed by atoms with Crippen LogP contribution in [0.25, 0.3) is 10.9 Å². The molecule has 122 valence electrons. The number of ether oxygens (including phenoxy) is 1. The molecule has 0 bridgehead atoms. The van der Waals surface area contributed by atoms with Gasteiger partial charge in [0.2, 0.25) is 0 Å². The minimum absolute atomic E-state index is 0.291. The number of hydrazone groups is 1. The van der Waals surface area contributed by atoms with Crippen molar-refractivity contribution < 1.29 is 9.53 Å². The SMILES string of the molecule is COc1ccc2nc(C=NNC(=O)[C@@H](N)CCSC)ccc2c1. The minimum atomic E-state index is -0.545. The van der Waals surface area contributed by atoms with Crippen LogP contribution in [-0.4, -0.2) is 42.3 Å². The van der Waals surface area contributed by atoms with E-state index in [1.54, 1.807) is 18.9 Å². The summed E-state index contributed by atoms with van der Waals surface area (Å²) in [6.45, 7) is 0. The number of benzene rings is 1. The Kier molecular flexibility index (Phi) is 6.37. The zero-order valence-corrected chi connectivity index (χ0v) is 14.0. The molecule has 6 nitrogen and oxygen atoms in total. The molecule has 1 heterocycles. The number of pyridine rings is 1. The van der Waals surface area contributed by atoms with Crippen LogP contribution in [0.3, 0.4) is 0 Å². The summed E-state index contributed by atoms with van der Waals surface area (Å²) >= 11 is 1.65. The Morgan fingerprint density at radius 1 is 1.48 bits per heavy atom. The van der Waals surface area contributed by atoms with E-state index in [4.69, 9.17) is 10.5 Å². The van der Waals surface area contributed by atoms with Gasteiger partial charge in [-0.15, -0.1) is 0 Å². The number of nitrogens with two attached hydrogens (primary N) is 1. The molecular formula is C16H20N4O2S. The van der Waals surface area contributed by atoms with Gasteiger partial charge in [0, 0.05) is 5.39 Å². The Morgan fingerprint density at radius 2 is 2.30 bits per heavy atom. The molecule has 0 aliphatic heterocycles. The molecule has 0 fully saturated rings. The van der Waals surface area contributed by atoms with Crippen molar-refractivity contribution in [3.05, 3.63) is 36.0 Å². The summed E-state index contributed by atoms with van der Waals surface area (Å²) < 4.78 is 5.18. The van der Waals surface area contributed by atoms with E-state index in [1.807, 2.05) is 36.6 Å². The number of thioether (sulfide) groups is 1. The first-order valence-electron chi connectivity index (χ1n) is 7.16. The highest BCUT2D eigenvalue weighted by Gasteiger charge is 2.11. The van der Waals surface area contributed by atoms with Crippen LogP contribution in [0.4, 0.5) is 0 Å². The van der Waals surface area contributed by atoms with Crippen LogP contribution in [-0.2, 0) is 4.79 Å². The zero-order valence-electron chi connectivity index (χ0n) is 13.2. The lowest BCUT2D eigenvalue weighted by Crippen LogP contribution is -2.38. The van der Waals surface area contributed by atoms with Crippen LogP contribution >= 0.6 is 11.8 Å². The molecule has 0 aliphatic rings. The second-order valence-electron chi connectivity index (χ2n) is 4.92. The number of amides is 1. The van der Waals surface area contributed by atoms with Crippen molar-refractivity contribution in [1.29, 1.82) is 0 Å². The fourth-order valence-electron chi connectivity index (χ4n) is 1.94. The van der Waals surface area contributed by atoms with Crippen LogP contribution in [0.15, 0.2) is 35.4 Å². The first-order chi connectivity index (χ1) is 11.1. The highest BCUT2D eigenvalue weighted by molar-refractivity contribution is 7.98. The number of hydrogen-bond acceptors (Lipinski definition) is 6. The Morgan fingerprint density at radius 3 is 3.04 bits per heavy atom. The normalized spacial score (nSPS) is 12.5. The van der Waals surface area contributed by atoms with E-state index in [9.17, 15) is 4.79 Å². The average Bonchev–Trinajstić information content (AvgIpc) is 2.58. The fraction of sp³-hybridized carbons (Fsp3) is 0.312. The molecule has 7 heteroatoms. The zero-order chi connectivity index (χ0) is 16.7. The lowest BCUT2D eigenvalue weighted by atomic mass is 10.2. The van der Waals surface area contributed by atoms with Crippen molar-refractivity contribution in [2.45, 2.75) is 12.5 Å². The summed E-state index contributed by atoms with van der Waals surface area (Å²) in [6.07, 6.45) is 4.10. The number of fused-ring (bicyclic) bond motifs is 1. The van der Waals surface area contributed by atoms with Gasteiger partial charge < -0.3 is 10.5 Å². The van der Waals surface area contributed by atoms with E-state index in [0.717, 1.165) is 22.4 Å². The molecule has 2 aromatic rings. The van der Waals surface area contributed by atoms with Gasteiger partial charge in [0.1, 0.15) is 5.75 Å². The van der Waals surface area contributed by atoms with Crippen molar-refractivity contribution in [2.24, 2.45) is 10.8 Å². The minimum Gasteiger partial charge on any atom is -0.497 e. The van der Waals surface area contributed by atoms with Gasteiger partial charge >= 0.3 is 0 Å². The second kappa shape index (κ2) is 8.50. The first kappa shape index (κ1) is 17.2. The predicted octanol–water partition coefficient (Wildman–Crippen LogP) is 1.77. The van der Waals surface area contributed by atoms with Crippen molar-refractivity contribution in [3.63, 3.8) is 0 Å². The molecule has 1 amide bonds. The number of carbonyl (C=O) groups is 1. The maximum atomic E-state index is 11.7. The molecule has 3 N–H and O–H groups in total. The third kappa shape index (κ3) is 4.94. The Balaban J connectivity index is 1.99. The molecule has 0 saturated carbocycles. The van der Waals surface area contributed by atoms with Gasteiger partial charge in [-0.05, 0) is 42.7 Å². The van der Waals surface area contributed by atoms with Gasteiger partial charge in [-0.25, -0.2) is 10.4 Å². The average molecular weight is 332 g/mol. The summed E-state index contributed by atoms with van der Waals surface area (Å²) in [7, 11) is 1.63. The summed E-state index contributed by atoms with van der Waals surface area (Å²) in [4.78, 5) is 16.2. The summed E-state index contributed by atoms with van der Waals surface area (Å²) in [6, 6.07) is 8.85. The highest BCUT2D eigenvalue weighted by Crippen LogP contribution is 2.19. The molecule has 0 unspecified atom stereocenters. The van der Waals surface area contributed by atoms with Crippen LogP contribution in [0.2, 0.25) is 0 Å². The van der Waals surface area contributed by atoms with Gasteiger partial charge in [0.05, 0.1) is 30.6 Å². The van der Waals surface area contributed by atoms with Crippen molar-refractivity contribution in [2.75, 3.05) is 19.1 Å². The maximum Gasteiger partial charge on any atom is 0.256 e. The first-order valence-corrected chi connectivity index (χ1v) is 8.55. The molecule has 0 saturated heterocycles. The number of aromatic nitrogens is 1. The van der Waals surface area contributed by atoms with Gasteiger partial charge in [0.15, 0.2) is 0 Å². The van der Waals surface area contributed by atoms with Gasteiger partial charge in [-0.1, -0.05) is 6.07 Å². The number of nitrogens with one attached hydrogen (secondary N) is 1. The van der Waals surface area contributed by atoms with E-state index in [0.29, 0.717) is 12.1 Å². The molecule has 1 aromatic heterocycles. The fourth-order valence-corrected chi connectivity index (χ4v) is 2.43. The van der Waals surface area contributed by atoms with Gasteiger partial charge in [0.25, 0.3) is 5.91 Å². The summed E-state index contributed by atoms with van der Waals surface area (Å²) in [5.74, 6) is 1.33. The lowest BCUT2D eigenvalue weighted by molar-refractivity contribution is -0.122. The third-order valence-electron chi connectivity index (χ3n) is 3.26. The molecule has 1 aromatic carbocycles. The second-order valence-corrected chi connectivity index (χ2v) is 5.90.